The third-order valence-electron chi connectivity index (χ3n) is 2.91. The van der Waals surface area contributed by atoms with Crippen LogP contribution in [0.25, 0.3) is 0 Å². The van der Waals surface area contributed by atoms with Crippen LogP contribution in [0, 0.1) is 0 Å². The van der Waals surface area contributed by atoms with Crippen molar-refractivity contribution in [3.8, 4) is 0 Å². The number of hydrogen-bond donors (Lipinski definition) is 2. The van der Waals surface area contributed by atoms with Gasteiger partial charge in [-0.3, -0.25) is 9.69 Å². The third kappa shape index (κ3) is 1.90. The molecule has 4 heteroatoms. The maximum atomic E-state index is 11.3. The van der Waals surface area contributed by atoms with Crippen molar-refractivity contribution in [2.75, 3.05) is 13.1 Å². The molecule has 1 rings (SSSR count). The Morgan fingerprint density at radius 3 is 2.00 bits per heavy atom. The first-order valence-electron chi connectivity index (χ1n) is 4.48. The number of aliphatic hydroxyl groups excluding tert-OH is 2. The van der Waals surface area contributed by atoms with Crippen LogP contribution < -0.4 is 0 Å². The summed E-state index contributed by atoms with van der Waals surface area (Å²) >= 11 is 0. The first-order chi connectivity index (χ1) is 5.85. The van der Waals surface area contributed by atoms with Gasteiger partial charge in [0.25, 0.3) is 0 Å². The highest BCUT2D eigenvalue weighted by atomic mass is 16.3. The van der Waals surface area contributed by atoms with E-state index in [1.807, 2.05) is 4.90 Å². The SMILES string of the molecule is CC(=O)C(C)(C)N1CC(O)C(O)C1. The van der Waals surface area contributed by atoms with Gasteiger partial charge in [-0.15, -0.1) is 0 Å². The fourth-order valence-electron chi connectivity index (χ4n) is 1.45. The third-order valence-corrected chi connectivity index (χ3v) is 2.91. The lowest BCUT2D eigenvalue weighted by Crippen LogP contribution is -2.48. The van der Waals surface area contributed by atoms with Gasteiger partial charge in [-0.05, 0) is 20.8 Å². The molecule has 0 aromatic carbocycles. The van der Waals surface area contributed by atoms with Crippen molar-refractivity contribution in [3.63, 3.8) is 0 Å². The Morgan fingerprint density at radius 2 is 1.69 bits per heavy atom. The van der Waals surface area contributed by atoms with Gasteiger partial charge >= 0.3 is 0 Å². The number of rotatable bonds is 2. The Hall–Kier alpha value is -0.450. The fourth-order valence-corrected chi connectivity index (χ4v) is 1.45. The predicted molar refractivity (Wildman–Crippen MR) is 48.3 cm³/mol. The van der Waals surface area contributed by atoms with E-state index in [1.54, 1.807) is 13.8 Å². The number of ketones is 1. The Morgan fingerprint density at radius 1 is 1.31 bits per heavy atom. The minimum absolute atomic E-state index is 0.0498. The Kier molecular flexibility index (Phi) is 2.75. The van der Waals surface area contributed by atoms with Crippen molar-refractivity contribution in [2.45, 2.75) is 38.5 Å². The monoisotopic (exact) mass is 187 g/mol. The molecule has 1 heterocycles. The molecule has 1 aliphatic heterocycles. The first kappa shape index (κ1) is 10.6. The van der Waals surface area contributed by atoms with E-state index in [0.29, 0.717) is 13.1 Å². The summed E-state index contributed by atoms with van der Waals surface area (Å²) in [6, 6.07) is 0. The molecule has 2 atom stereocenters. The number of nitrogens with zero attached hydrogens (tertiary/aromatic N) is 1. The van der Waals surface area contributed by atoms with E-state index >= 15 is 0 Å². The van der Waals surface area contributed by atoms with Crippen LogP contribution in [0.4, 0.5) is 0 Å². The molecule has 13 heavy (non-hydrogen) atoms. The summed E-state index contributed by atoms with van der Waals surface area (Å²) in [6.45, 7) is 5.87. The van der Waals surface area contributed by atoms with Crippen LogP contribution in [0.5, 0.6) is 0 Å². The van der Waals surface area contributed by atoms with Crippen LogP contribution in [-0.4, -0.2) is 51.7 Å². The van der Waals surface area contributed by atoms with Gasteiger partial charge in [0.1, 0.15) is 5.78 Å². The second-order valence-corrected chi connectivity index (χ2v) is 4.15. The zero-order chi connectivity index (χ0) is 10.2. The maximum Gasteiger partial charge on any atom is 0.149 e. The Labute approximate surface area is 78.2 Å². The van der Waals surface area contributed by atoms with E-state index < -0.39 is 17.7 Å². The van der Waals surface area contributed by atoms with Gasteiger partial charge in [0.15, 0.2) is 0 Å². The van der Waals surface area contributed by atoms with E-state index in [9.17, 15) is 15.0 Å². The van der Waals surface area contributed by atoms with E-state index in [0.717, 1.165) is 0 Å². The topological polar surface area (TPSA) is 60.8 Å². The van der Waals surface area contributed by atoms with Gasteiger partial charge in [0, 0.05) is 13.1 Å². The van der Waals surface area contributed by atoms with Gasteiger partial charge in [-0.25, -0.2) is 0 Å². The van der Waals surface area contributed by atoms with Crippen LogP contribution in [0.3, 0.4) is 0 Å². The Balaban J connectivity index is 2.70. The molecule has 4 nitrogen and oxygen atoms in total. The quantitative estimate of drug-likeness (QED) is 0.605. The highest BCUT2D eigenvalue weighted by Crippen LogP contribution is 2.22. The normalized spacial score (nSPS) is 30.8. The standard InChI is InChI=1S/C9H17NO3/c1-6(11)9(2,3)10-4-7(12)8(13)5-10/h7-8,12-13H,4-5H2,1-3H3. The van der Waals surface area contributed by atoms with E-state index in [1.165, 1.54) is 6.92 Å². The number of carbonyl (C=O) groups is 1. The minimum Gasteiger partial charge on any atom is -0.389 e. The van der Waals surface area contributed by atoms with E-state index in [2.05, 4.69) is 0 Å². The first-order valence-corrected chi connectivity index (χ1v) is 4.48. The van der Waals surface area contributed by atoms with Crippen LogP contribution in [0.1, 0.15) is 20.8 Å². The number of aliphatic hydroxyl groups is 2. The number of likely N-dealkylation sites (tertiary alicyclic amines) is 1. The molecule has 0 bridgehead atoms. The highest BCUT2D eigenvalue weighted by molar-refractivity contribution is 5.85. The van der Waals surface area contributed by atoms with Crippen molar-refractivity contribution >= 4 is 5.78 Å². The predicted octanol–water partition coefficient (Wildman–Crippen LogP) is -0.609. The lowest BCUT2D eigenvalue weighted by molar-refractivity contribution is -0.126. The number of Topliss-reactive ketones (excluding diaryl/α,β-unsaturated/α-hetero) is 1. The lowest BCUT2D eigenvalue weighted by atomic mass is 9.98. The van der Waals surface area contributed by atoms with Crippen LogP contribution in [0.2, 0.25) is 0 Å². The van der Waals surface area contributed by atoms with Gasteiger partial charge in [0.2, 0.25) is 0 Å². The smallest absolute Gasteiger partial charge is 0.149 e. The molecule has 0 aliphatic carbocycles. The molecule has 0 saturated carbocycles. The summed E-state index contributed by atoms with van der Waals surface area (Å²) in [6.07, 6.45) is -1.45. The largest absolute Gasteiger partial charge is 0.389 e. The molecule has 76 valence electrons. The molecule has 0 aromatic heterocycles. The average molecular weight is 187 g/mol. The van der Waals surface area contributed by atoms with E-state index in [-0.39, 0.29) is 5.78 Å². The lowest BCUT2D eigenvalue weighted by Gasteiger charge is -2.32. The molecule has 0 spiro atoms. The fraction of sp³-hybridized carbons (Fsp3) is 0.889. The number of carbonyl (C=O) groups excluding carboxylic acids is 1. The minimum atomic E-state index is -0.723. The molecule has 1 aliphatic rings. The molecule has 2 unspecified atom stereocenters. The maximum absolute atomic E-state index is 11.3. The second kappa shape index (κ2) is 3.36. The van der Waals surface area contributed by atoms with Crippen LogP contribution in [-0.2, 0) is 4.79 Å². The zero-order valence-electron chi connectivity index (χ0n) is 8.32. The van der Waals surface area contributed by atoms with Gasteiger partial charge in [-0.2, -0.15) is 0 Å². The summed E-state index contributed by atoms with van der Waals surface area (Å²) in [5, 5.41) is 18.6. The summed E-state index contributed by atoms with van der Waals surface area (Å²) < 4.78 is 0. The molecule has 1 fully saturated rings. The second-order valence-electron chi connectivity index (χ2n) is 4.15. The summed E-state index contributed by atoms with van der Waals surface area (Å²) in [5.74, 6) is 0.0498. The number of β-amino-alcohol motifs (C(OH)–C–C–N with tert-alkyl or cyclic N) is 2. The molecular weight excluding hydrogens is 170 g/mol. The van der Waals surface area contributed by atoms with Crippen molar-refractivity contribution < 1.29 is 15.0 Å². The van der Waals surface area contributed by atoms with Gasteiger partial charge in [0.05, 0.1) is 17.7 Å². The average Bonchev–Trinajstić information content (AvgIpc) is 2.32. The van der Waals surface area contributed by atoms with E-state index in [4.69, 9.17) is 0 Å². The van der Waals surface area contributed by atoms with Gasteiger partial charge < -0.3 is 10.2 Å². The van der Waals surface area contributed by atoms with Crippen molar-refractivity contribution in [3.05, 3.63) is 0 Å². The van der Waals surface area contributed by atoms with Crippen LogP contribution >= 0.6 is 0 Å². The molecular formula is C9H17NO3. The summed E-state index contributed by atoms with van der Waals surface area (Å²) in [5.41, 5.74) is -0.585. The zero-order valence-corrected chi connectivity index (χ0v) is 8.32. The molecule has 0 radical (unpaired) electrons. The Bertz CT molecular complexity index is 205. The highest BCUT2D eigenvalue weighted by Gasteiger charge is 2.40. The molecule has 2 N–H and O–H groups in total. The summed E-state index contributed by atoms with van der Waals surface area (Å²) in [7, 11) is 0. The molecule has 1 saturated heterocycles. The molecule has 0 aromatic rings. The summed E-state index contributed by atoms with van der Waals surface area (Å²) in [4.78, 5) is 13.1. The van der Waals surface area contributed by atoms with Crippen molar-refractivity contribution in [1.29, 1.82) is 0 Å². The number of hydrogen-bond acceptors (Lipinski definition) is 4. The van der Waals surface area contributed by atoms with Gasteiger partial charge in [-0.1, -0.05) is 0 Å². The van der Waals surface area contributed by atoms with Crippen molar-refractivity contribution in [2.24, 2.45) is 0 Å². The van der Waals surface area contributed by atoms with Crippen LogP contribution in [0.15, 0.2) is 0 Å². The van der Waals surface area contributed by atoms with Crippen molar-refractivity contribution in [1.82, 2.24) is 4.90 Å². The molecule has 0 amide bonds.